The van der Waals surface area contributed by atoms with Crippen LogP contribution < -0.4 is 10.5 Å². The summed E-state index contributed by atoms with van der Waals surface area (Å²) in [5.41, 5.74) is 6.09. The fourth-order valence-electron chi connectivity index (χ4n) is 2.18. The van der Waals surface area contributed by atoms with Crippen molar-refractivity contribution in [3.8, 4) is 5.75 Å². The quantitative estimate of drug-likeness (QED) is 0.850. The molecule has 0 aromatic heterocycles. The number of sulfone groups is 1. The standard InChI is InChI=1S/C13H19NO4S/c1-2-18-10-3-4-12(14)13(9-10)19(15,16)11-5-7-17-8-6-11/h3-4,9,11H,2,5-8,14H2,1H3. The van der Waals surface area contributed by atoms with Crippen molar-refractivity contribution in [1.29, 1.82) is 0 Å². The van der Waals surface area contributed by atoms with E-state index in [2.05, 4.69) is 0 Å². The monoisotopic (exact) mass is 285 g/mol. The minimum Gasteiger partial charge on any atom is -0.494 e. The number of ether oxygens (including phenoxy) is 2. The smallest absolute Gasteiger partial charge is 0.183 e. The highest BCUT2D eigenvalue weighted by atomic mass is 32.2. The van der Waals surface area contributed by atoms with E-state index >= 15 is 0 Å². The Hall–Kier alpha value is -1.27. The molecule has 19 heavy (non-hydrogen) atoms. The van der Waals surface area contributed by atoms with E-state index in [0.29, 0.717) is 38.4 Å². The van der Waals surface area contributed by atoms with Crippen LogP contribution >= 0.6 is 0 Å². The lowest BCUT2D eigenvalue weighted by Crippen LogP contribution is -2.29. The van der Waals surface area contributed by atoms with Gasteiger partial charge in [0, 0.05) is 19.3 Å². The van der Waals surface area contributed by atoms with Gasteiger partial charge in [0.25, 0.3) is 0 Å². The summed E-state index contributed by atoms with van der Waals surface area (Å²) in [6.07, 6.45) is 1.03. The second kappa shape index (κ2) is 5.79. The first-order chi connectivity index (χ1) is 9.05. The first-order valence-corrected chi connectivity index (χ1v) is 7.94. The van der Waals surface area contributed by atoms with Crippen molar-refractivity contribution in [2.24, 2.45) is 0 Å². The minimum atomic E-state index is -3.42. The van der Waals surface area contributed by atoms with Gasteiger partial charge in [-0.1, -0.05) is 0 Å². The van der Waals surface area contributed by atoms with Gasteiger partial charge >= 0.3 is 0 Å². The molecule has 0 spiro atoms. The molecule has 0 atom stereocenters. The topological polar surface area (TPSA) is 78.6 Å². The lowest BCUT2D eigenvalue weighted by molar-refractivity contribution is 0.0983. The fourth-order valence-corrected chi connectivity index (χ4v) is 4.03. The second-order valence-corrected chi connectivity index (χ2v) is 6.69. The second-order valence-electron chi connectivity index (χ2n) is 4.49. The zero-order valence-electron chi connectivity index (χ0n) is 11.0. The van der Waals surface area contributed by atoms with E-state index in [9.17, 15) is 8.42 Å². The average Bonchev–Trinajstić information content (AvgIpc) is 2.42. The van der Waals surface area contributed by atoms with Gasteiger partial charge in [-0.05, 0) is 31.9 Å². The number of nitrogens with two attached hydrogens (primary N) is 1. The van der Waals surface area contributed by atoms with Gasteiger partial charge in [0.05, 0.1) is 22.4 Å². The van der Waals surface area contributed by atoms with Crippen molar-refractivity contribution >= 4 is 15.5 Å². The summed E-state index contributed by atoms with van der Waals surface area (Å²) in [5.74, 6) is 0.530. The van der Waals surface area contributed by atoms with E-state index in [1.165, 1.54) is 6.07 Å². The molecular weight excluding hydrogens is 266 g/mol. The van der Waals surface area contributed by atoms with Gasteiger partial charge in [0.15, 0.2) is 9.84 Å². The Bertz CT molecular complexity index is 536. The van der Waals surface area contributed by atoms with Crippen molar-refractivity contribution < 1.29 is 17.9 Å². The van der Waals surface area contributed by atoms with E-state index in [1.807, 2.05) is 6.92 Å². The third-order valence-electron chi connectivity index (χ3n) is 3.21. The first kappa shape index (κ1) is 14.1. The molecule has 2 N–H and O–H groups in total. The molecule has 0 aliphatic carbocycles. The van der Waals surface area contributed by atoms with Gasteiger partial charge < -0.3 is 15.2 Å². The summed E-state index contributed by atoms with van der Waals surface area (Å²) in [6.45, 7) is 3.30. The molecule has 2 rings (SSSR count). The highest BCUT2D eigenvalue weighted by molar-refractivity contribution is 7.92. The molecule has 1 aliphatic heterocycles. The van der Waals surface area contributed by atoms with Crippen molar-refractivity contribution in [2.45, 2.75) is 29.9 Å². The van der Waals surface area contributed by atoms with E-state index in [1.54, 1.807) is 12.1 Å². The predicted molar refractivity (Wildman–Crippen MR) is 73.1 cm³/mol. The Kier molecular flexibility index (Phi) is 4.31. The summed E-state index contributed by atoms with van der Waals surface area (Å²) in [7, 11) is -3.42. The molecule has 1 fully saturated rings. The van der Waals surface area contributed by atoms with Crippen LogP contribution in [0.2, 0.25) is 0 Å². The molecule has 106 valence electrons. The predicted octanol–water partition coefficient (Wildman–Crippen LogP) is 1.62. The maximum absolute atomic E-state index is 12.6. The van der Waals surface area contributed by atoms with Crippen LogP contribution in [0.1, 0.15) is 19.8 Å². The van der Waals surface area contributed by atoms with Crippen LogP contribution in [0.15, 0.2) is 23.1 Å². The number of hydrogen-bond donors (Lipinski definition) is 1. The van der Waals surface area contributed by atoms with Gasteiger partial charge in [-0.25, -0.2) is 8.42 Å². The SMILES string of the molecule is CCOc1ccc(N)c(S(=O)(=O)C2CCOCC2)c1. The first-order valence-electron chi connectivity index (χ1n) is 6.39. The summed E-state index contributed by atoms with van der Waals surface area (Å²) in [6, 6.07) is 4.78. The van der Waals surface area contributed by atoms with Crippen molar-refractivity contribution in [1.82, 2.24) is 0 Å². The summed E-state index contributed by atoms with van der Waals surface area (Å²) in [4.78, 5) is 0.172. The maximum Gasteiger partial charge on any atom is 0.183 e. The molecule has 0 amide bonds. The maximum atomic E-state index is 12.6. The molecule has 1 aromatic carbocycles. The van der Waals surface area contributed by atoms with Crippen molar-refractivity contribution in [2.75, 3.05) is 25.6 Å². The third kappa shape index (κ3) is 3.01. The normalized spacial score (nSPS) is 17.3. The van der Waals surface area contributed by atoms with Crippen LogP contribution in [0.4, 0.5) is 5.69 Å². The summed E-state index contributed by atoms with van der Waals surface area (Å²) >= 11 is 0. The highest BCUT2D eigenvalue weighted by Crippen LogP contribution is 2.30. The molecule has 1 aliphatic rings. The number of benzene rings is 1. The molecule has 1 heterocycles. The van der Waals surface area contributed by atoms with E-state index in [0.717, 1.165) is 0 Å². The molecule has 0 bridgehead atoms. The summed E-state index contributed by atoms with van der Waals surface area (Å²) in [5, 5.41) is -0.416. The molecule has 1 saturated heterocycles. The van der Waals surface area contributed by atoms with Gasteiger partial charge in [0.2, 0.25) is 0 Å². The lowest BCUT2D eigenvalue weighted by Gasteiger charge is -2.23. The van der Waals surface area contributed by atoms with Crippen LogP contribution in [0.3, 0.4) is 0 Å². The number of hydrogen-bond acceptors (Lipinski definition) is 5. The number of anilines is 1. The van der Waals surface area contributed by atoms with Crippen LogP contribution in [0.25, 0.3) is 0 Å². The summed E-state index contributed by atoms with van der Waals surface area (Å²) < 4.78 is 35.7. The van der Waals surface area contributed by atoms with Crippen molar-refractivity contribution in [3.05, 3.63) is 18.2 Å². The molecule has 0 radical (unpaired) electrons. The third-order valence-corrected chi connectivity index (χ3v) is 5.53. The Morgan fingerprint density at radius 1 is 1.37 bits per heavy atom. The number of nitrogen functional groups attached to an aromatic ring is 1. The molecule has 0 unspecified atom stereocenters. The van der Waals surface area contributed by atoms with Gasteiger partial charge in [0.1, 0.15) is 5.75 Å². The minimum absolute atomic E-state index is 0.172. The zero-order valence-corrected chi connectivity index (χ0v) is 11.8. The fraction of sp³-hybridized carbons (Fsp3) is 0.538. The Morgan fingerprint density at radius 2 is 2.05 bits per heavy atom. The van der Waals surface area contributed by atoms with Crippen LogP contribution in [0, 0.1) is 0 Å². The van der Waals surface area contributed by atoms with Gasteiger partial charge in [-0.3, -0.25) is 0 Å². The molecule has 1 aromatic rings. The Balaban J connectivity index is 2.35. The molecule has 6 heteroatoms. The molecule has 5 nitrogen and oxygen atoms in total. The lowest BCUT2D eigenvalue weighted by atomic mass is 10.2. The zero-order chi connectivity index (χ0) is 13.9. The van der Waals surface area contributed by atoms with Crippen molar-refractivity contribution in [3.63, 3.8) is 0 Å². The Labute approximate surface area is 113 Å². The molecule has 0 saturated carbocycles. The Morgan fingerprint density at radius 3 is 2.68 bits per heavy atom. The van der Waals surface area contributed by atoms with E-state index < -0.39 is 15.1 Å². The van der Waals surface area contributed by atoms with Crippen LogP contribution in [0.5, 0.6) is 5.75 Å². The van der Waals surface area contributed by atoms with E-state index in [4.69, 9.17) is 15.2 Å². The van der Waals surface area contributed by atoms with E-state index in [-0.39, 0.29) is 10.6 Å². The van der Waals surface area contributed by atoms with Crippen LogP contribution in [-0.4, -0.2) is 33.5 Å². The molecular formula is C13H19NO4S. The van der Waals surface area contributed by atoms with Crippen LogP contribution in [-0.2, 0) is 14.6 Å². The average molecular weight is 285 g/mol. The van der Waals surface area contributed by atoms with Gasteiger partial charge in [-0.15, -0.1) is 0 Å². The van der Waals surface area contributed by atoms with Gasteiger partial charge in [-0.2, -0.15) is 0 Å². The highest BCUT2D eigenvalue weighted by Gasteiger charge is 2.31. The number of rotatable bonds is 4. The largest absolute Gasteiger partial charge is 0.494 e.